The summed E-state index contributed by atoms with van der Waals surface area (Å²) < 4.78 is 6.34. The van der Waals surface area contributed by atoms with Gasteiger partial charge in [0.25, 0.3) is 5.91 Å². The van der Waals surface area contributed by atoms with Crippen molar-refractivity contribution in [1.29, 1.82) is 0 Å². The van der Waals surface area contributed by atoms with E-state index in [1.807, 2.05) is 36.9 Å². The second-order valence-corrected chi connectivity index (χ2v) is 6.01. The Balaban J connectivity index is 2.10. The standard InChI is InChI=1S/C15H20BrNO2/c1-3-17(9-12-4-5-19-10-12)15(18)13-6-11(2)7-14(16)8-13/h6-8,12H,3-5,9-10H2,1-2H3. The van der Waals surface area contributed by atoms with Gasteiger partial charge in [0.05, 0.1) is 6.61 Å². The van der Waals surface area contributed by atoms with Crippen LogP contribution in [0.4, 0.5) is 0 Å². The molecule has 0 N–H and O–H groups in total. The van der Waals surface area contributed by atoms with Gasteiger partial charge in [-0.15, -0.1) is 0 Å². The molecule has 0 radical (unpaired) electrons. The fourth-order valence-electron chi connectivity index (χ4n) is 2.44. The Bertz CT molecular complexity index is 435. The van der Waals surface area contributed by atoms with E-state index in [1.165, 1.54) is 0 Å². The fraction of sp³-hybridized carbons (Fsp3) is 0.533. The second kappa shape index (κ2) is 6.53. The lowest BCUT2D eigenvalue weighted by atomic mass is 10.1. The molecule has 0 aromatic heterocycles. The second-order valence-electron chi connectivity index (χ2n) is 5.09. The van der Waals surface area contributed by atoms with Crippen molar-refractivity contribution < 1.29 is 9.53 Å². The van der Waals surface area contributed by atoms with Crippen molar-refractivity contribution in [3.05, 3.63) is 33.8 Å². The predicted octanol–water partition coefficient (Wildman–Crippen LogP) is 3.26. The Morgan fingerprint density at radius 2 is 2.26 bits per heavy atom. The lowest BCUT2D eigenvalue weighted by molar-refractivity contribution is 0.0730. The number of hydrogen-bond donors (Lipinski definition) is 0. The average Bonchev–Trinajstić information content (AvgIpc) is 2.86. The van der Waals surface area contributed by atoms with E-state index in [2.05, 4.69) is 15.9 Å². The Morgan fingerprint density at radius 3 is 2.84 bits per heavy atom. The van der Waals surface area contributed by atoms with Crippen molar-refractivity contribution in [2.75, 3.05) is 26.3 Å². The molecular formula is C15H20BrNO2. The summed E-state index contributed by atoms with van der Waals surface area (Å²) in [5, 5.41) is 0. The SMILES string of the molecule is CCN(CC1CCOC1)C(=O)c1cc(C)cc(Br)c1. The summed E-state index contributed by atoms with van der Waals surface area (Å²) in [5.74, 6) is 0.593. The van der Waals surface area contributed by atoms with Crippen LogP contribution in [0.5, 0.6) is 0 Å². The van der Waals surface area contributed by atoms with Crippen LogP contribution in [0.3, 0.4) is 0 Å². The Labute approximate surface area is 123 Å². The monoisotopic (exact) mass is 325 g/mol. The molecule has 1 heterocycles. The van der Waals surface area contributed by atoms with Crippen LogP contribution >= 0.6 is 15.9 Å². The summed E-state index contributed by atoms with van der Waals surface area (Å²) in [7, 11) is 0. The third-order valence-corrected chi connectivity index (χ3v) is 3.92. The summed E-state index contributed by atoms with van der Waals surface area (Å²) >= 11 is 3.45. The number of aryl methyl sites for hydroxylation is 1. The maximum absolute atomic E-state index is 12.5. The molecule has 0 saturated carbocycles. The normalized spacial score (nSPS) is 18.6. The van der Waals surface area contributed by atoms with Crippen molar-refractivity contribution >= 4 is 21.8 Å². The highest BCUT2D eigenvalue weighted by atomic mass is 79.9. The quantitative estimate of drug-likeness (QED) is 0.850. The van der Waals surface area contributed by atoms with E-state index in [-0.39, 0.29) is 5.91 Å². The number of carbonyl (C=O) groups is 1. The molecule has 1 aromatic carbocycles. The molecule has 4 heteroatoms. The Kier molecular flexibility index (Phi) is 4.99. The largest absolute Gasteiger partial charge is 0.381 e. The topological polar surface area (TPSA) is 29.5 Å². The zero-order chi connectivity index (χ0) is 13.8. The van der Waals surface area contributed by atoms with Crippen LogP contribution in [-0.2, 0) is 4.74 Å². The van der Waals surface area contributed by atoms with Crippen molar-refractivity contribution in [2.45, 2.75) is 20.3 Å². The first kappa shape index (κ1) is 14.5. The third kappa shape index (κ3) is 3.80. The first-order chi connectivity index (χ1) is 9.10. The van der Waals surface area contributed by atoms with E-state index in [4.69, 9.17) is 4.74 Å². The summed E-state index contributed by atoms with van der Waals surface area (Å²) in [4.78, 5) is 14.4. The van der Waals surface area contributed by atoms with Crippen molar-refractivity contribution in [1.82, 2.24) is 4.90 Å². The highest BCUT2D eigenvalue weighted by Gasteiger charge is 2.22. The summed E-state index contributed by atoms with van der Waals surface area (Å²) in [6, 6.07) is 5.85. The molecule has 1 amide bonds. The molecule has 1 unspecified atom stereocenters. The van der Waals surface area contributed by atoms with Crippen LogP contribution in [0.15, 0.2) is 22.7 Å². The first-order valence-electron chi connectivity index (χ1n) is 6.74. The van der Waals surface area contributed by atoms with Gasteiger partial charge in [-0.25, -0.2) is 0 Å². The smallest absolute Gasteiger partial charge is 0.253 e. The summed E-state index contributed by atoms with van der Waals surface area (Å²) in [5.41, 5.74) is 1.85. The molecule has 1 aliphatic rings. The average molecular weight is 326 g/mol. The van der Waals surface area contributed by atoms with Gasteiger partial charge in [-0.2, -0.15) is 0 Å². The van der Waals surface area contributed by atoms with Crippen LogP contribution in [0.1, 0.15) is 29.3 Å². The molecule has 1 aromatic rings. The molecule has 0 spiro atoms. The van der Waals surface area contributed by atoms with E-state index in [0.717, 1.165) is 48.3 Å². The first-order valence-corrected chi connectivity index (χ1v) is 7.53. The third-order valence-electron chi connectivity index (χ3n) is 3.46. The molecule has 1 fully saturated rings. The van der Waals surface area contributed by atoms with Crippen LogP contribution in [0.25, 0.3) is 0 Å². The lowest BCUT2D eigenvalue weighted by Crippen LogP contribution is -2.35. The van der Waals surface area contributed by atoms with Crippen LogP contribution in [-0.4, -0.2) is 37.1 Å². The van der Waals surface area contributed by atoms with Crippen LogP contribution in [0.2, 0.25) is 0 Å². The van der Waals surface area contributed by atoms with Gasteiger partial charge in [-0.3, -0.25) is 4.79 Å². The lowest BCUT2D eigenvalue weighted by Gasteiger charge is -2.24. The number of nitrogens with zero attached hydrogens (tertiary/aromatic N) is 1. The molecule has 2 rings (SSSR count). The maximum Gasteiger partial charge on any atom is 0.253 e. The molecule has 0 aliphatic carbocycles. The van der Waals surface area contributed by atoms with Gasteiger partial charge < -0.3 is 9.64 Å². The van der Waals surface area contributed by atoms with E-state index in [0.29, 0.717) is 5.92 Å². The molecule has 19 heavy (non-hydrogen) atoms. The van der Waals surface area contributed by atoms with E-state index >= 15 is 0 Å². The minimum atomic E-state index is 0.110. The van der Waals surface area contributed by atoms with Crippen molar-refractivity contribution in [2.24, 2.45) is 5.92 Å². The number of rotatable bonds is 4. The van der Waals surface area contributed by atoms with Gasteiger partial charge in [0.15, 0.2) is 0 Å². The Hall–Kier alpha value is -0.870. The van der Waals surface area contributed by atoms with Gasteiger partial charge in [-0.05, 0) is 44.0 Å². The number of halogens is 1. The molecule has 1 aliphatic heterocycles. The number of carbonyl (C=O) groups excluding carboxylic acids is 1. The van der Waals surface area contributed by atoms with Crippen LogP contribution < -0.4 is 0 Å². The predicted molar refractivity (Wildman–Crippen MR) is 79.4 cm³/mol. The van der Waals surface area contributed by atoms with Gasteiger partial charge in [0.1, 0.15) is 0 Å². The summed E-state index contributed by atoms with van der Waals surface area (Å²) in [6.45, 7) is 7.16. The van der Waals surface area contributed by atoms with Crippen molar-refractivity contribution in [3.63, 3.8) is 0 Å². The molecule has 0 bridgehead atoms. The van der Waals surface area contributed by atoms with E-state index < -0.39 is 0 Å². The number of amides is 1. The summed E-state index contributed by atoms with van der Waals surface area (Å²) in [6.07, 6.45) is 1.06. The zero-order valence-electron chi connectivity index (χ0n) is 11.5. The minimum Gasteiger partial charge on any atom is -0.381 e. The van der Waals surface area contributed by atoms with Gasteiger partial charge in [-0.1, -0.05) is 15.9 Å². The molecular weight excluding hydrogens is 306 g/mol. The van der Waals surface area contributed by atoms with Crippen LogP contribution in [0, 0.1) is 12.8 Å². The highest BCUT2D eigenvalue weighted by molar-refractivity contribution is 9.10. The van der Waals surface area contributed by atoms with Gasteiger partial charge in [0, 0.05) is 35.7 Å². The highest BCUT2D eigenvalue weighted by Crippen LogP contribution is 2.19. The maximum atomic E-state index is 12.5. The Morgan fingerprint density at radius 1 is 1.47 bits per heavy atom. The van der Waals surface area contributed by atoms with E-state index in [1.54, 1.807) is 0 Å². The van der Waals surface area contributed by atoms with Gasteiger partial charge >= 0.3 is 0 Å². The number of ether oxygens (including phenoxy) is 1. The fourth-order valence-corrected chi connectivity index (χ4v) is 3.04. The van der Waals surface area contributed by atoms with E-state index in [9.17, 15) is 4.79 Å². The van der Waals surface area contributed by atoms with Gasteiger partial charge in [0.2, 0.25) is 0 Å². The zero-order valence-corrected chi connectivity index (χ0v) is 13.1. The number of benzene rings is 1. The molecule has 1 saturated heterocycles. The molecule has 1 atom stereocenters. The van der Waals surface area contributed by atoms with Crippen molar-refractivity contribution in [3.8, 4) is 0 Å². The minimum absolute atomic E-state index is 0.110. The molecule has 3 nitrogen and oxygen atoms in total. The number of hydrogen-bond acceptors (Lipinski definition) is 2. The molecule has 104 valence electrons.